The molecule has 1 saturated carbocycles. The summed E-state index contributed by atoms with van der Waals surface area (Å²) in [4.78, 5) is 10.3. The highest BCUT2D eigenvalue weighted by Crippen LogP contribution is 2.36. The summed E-state index contributed by atoms with van der Waals surface area (Å²) in [6.45, 7) is 0.0572. The van der Waals surface area contributed by atoms with Crippen molar-refractivity contribution in [1.82, 2.24) is 4.72 Å². The average Bonchev–Trinajstić information content (AvgIpc) is 2.62. The Morgan fingerprint density at radius 1 is 1.31 bits per heavy atom. The first-order chi connectivity index (χ1) is 7.39. The summed E-state index contributed by atoms with van der Waals surface area (Å²) in [7, 11) is -3.78. The van der Waals surface area contributed by atoms with Crippen molar-refractivity contribution in [2.24, 2.45) is 5.41 Å². The maximum absolute atomic E-state index is 11.3. The second-order valence-electron chi connectivity index (χ2n) is 4.34. The summed E-state index contributed by atoms with van der Waals surface area (Å²) in [5, 5.41) is 17.6. The Labute approximate surface area is 94.7 Å². The Balaban J connectivity index is 2.52. The van der Waals surface area contributed by atoms with Crippen LogP contribution in [0, 0.1) is 5.41 Å². The average molecular weight is 251 g/mol. The summed E-state index contributed by atoms with van der Waals surface area (Å²) in [6, 6.07) is 0. The third kappa shape index (κ3) is 3.73. The van der Waals surface area contributed by atoms with Gasteiger partial charge in [-0.25, -0.2) is 13.1 Å². The standard InChI is InChI=1S/C9H17NO5S/c11-7-9(3-1-2-4-9)6-10-16(14,15)5-8(12)13/h10-11H,1-7H2,(H,12,13). The van der Waals surface area contributed by atoms with Crippen molar-refractivity contribution >= 4 is 16.0 Å². The lowest BCUT2D eigenvalue weighted by molar-refractivity contribution is -0.134. The number of hydrogen-bond acceptors (Lipinski definition) is 4. The van der Waals surface area contributed by atoms with Gasteiger partial charge in [0.25, 0.3) is 0 Å². The Morgan fingerprint density at radius 2 is 1.88 bits per heavy atom. The van der Waals surface area contributed by atoms with E-state index in [1.54, 1.807) is 0 Å². The zero-order valence-electron chi connectivity index (χ0n) is 8.98. The lowest BCUT2D eigenvalue weighted by Crippen LogP contribution is -2.40. The van der Waals surface area contributed by atoms with Crippen LogP contribution in [0.1, 0.15) is 25.7 Å². The van der Waals surface area contributed by atoms with Gasteiger partial charge in [-0.15, -0.1) is 0 Å². The van der Waals surface area contributed by atoms with E-state index in [2.05, 4.69) is 4.72 Å². The van der Waals surface area contributed by atoms with Gasteiger partial charge in [-0.1, -0.05) is 12.8 Å². The van der Waals surface area contributed by atoms with E-state index in [9.17, 15) is 18.3 Å². The molecule has 0 heterocycles. The second kappa shape index (κ2) is 5.11. The lowest BCUT2D eigenvalue weighted by atomic mass is 9.88. The first-order valence-corrected chi connectivity index (χ1v) is 6.84. The smallest absolute Gasteiger partial charge is 0.320 e. The fourth-order valence-corrected chi connectivity index (χ4v) is 2.95. The minimum absolute atomic E-state index is 0.0669. The van der Waals surface area contributed by atoms with Crippen LogP contribution in [0.5, 0.6) is 0 Å². The van der Waals surface area contributed by atoms with Gasteiger partial charge >= 0.3 is 5.97 Å². The molecule has 1 aliphatic rings. The molecule has 1 fully saturated rings. The van der Waals surface area contributed by atoms with Crippen LogP contribution in [0.3, 0.4) is 0 Å². The Kier molecular flexibility index (Phi) is 4.28. The fourth-order valence-electron chi connectivity index (χ4n) is 1.99. The van der Waals surface area contributed by atoms with Crippen molar-refractivity contribution in [2.45, 2.75) is 25.7 Å². The summed E-state index contributed by atoms with van der Waals surface area (Å²) in [5.74, 6) is -2.30. The lowest BCUT2D eigenvalue weighted by Gasteiger charge is -2.26. The van der Waals surface area contributed by atoms with Gasteiger partial charge in [-0.3, -0.25) is 4.79 Å². The SMILES string of the molecule is O=C(O)CS(=O)(=O)NCC1(CO)CCCC1. The van der Waals surface area contributed by atoms with Crippen LogP contribution < -0.4 is 4.72 Å². The molecule has 0 saturated heterocycles. The van der Waals surface area contributed by atoms with Crippen LogP contribution in [0.15, 0.2) is 0 Å². The number of carboxylic acids is 1. The van der Waals surface area contributed by atoms with Crippen molar-refractivity contribution in [3.05, 3.63) is 0 Å². The minimum Gasteiger partial charge on any atom is -0.480 e. The van der Waals surface area contributed by atoms with Gasteiger partial charge in [0.2, 0.25) is 10.0 Å². The zero-order valence-corrected chi connectivity index (χ0v) is 9.79. The van der Waals surface area contributed by atoms with E-state index in [4.69, 9.17) is 5.11 Å². The zero-order chi connectivity index (χ0) is 12.2. The van der Waals surface area contributed by atoms with E-state index < -0.39 is 27.2 Å². The molecule has 0 amide bonds. The number of aliphatic carboxylic acids is 1. The predicted octanol–water partition coefficient (Wildman–Crippen LogP) is -0.457. The molecule has 0 aliphatic heterocycles. The number of aliphatic hydroxyl groups is 1. The number of aliphatic hydroxyl groups excluding tert-OH is 1. The highest BCUT2D eigenvalue weighted by Gasteiger charge is 2.34. The van der Waals surface area contributed by atoms with E-state index >= 15 is 0 Å². The number of nitrogens with one attached hydrogen (secondary N) is 1. The molecule has 3 N–H and O–H groups in total. The normalized spacial score (nSPS) is 19.8. The molecular weight excluding hydrogens is 234 g/mol. The molecule has 0 radical (unpaired) electrons. The third-order valence-electron chi connectivity index (χ3n) is 2.98. The molecule has 0 aromatic rings. The molecular formula is C9H17NO5S. The molecule has 0 aromatic heterocycles. The minimum atomic E-state index is -3.78. The monoisotopic (exact) mass is 251 g/mol. The van der Waals surface area contributed by atoms with E-state index in [1.165, 1.54) is 0 Å². The van der Waals surface area contributed by atoms with Crippen LogP contribution in [-0.2, 0) is 14.8 Å². The van der Waals surface area contributed by atoms with Gasteiger partial charge in [0.05, 0.1) is 0 Å². The largest absolute Gasteiger partial charge is 0.480 e. The maximum Gasteiger partial charge on any atom is 0.320 e. The van der Waals surface area contributed by atoms with Crippen LogP contribution in [0.2, 0.25) is 0 Å². The van der Waals surface area contributed by atoms with Crippen molar-refractivity contribution in [3.63, 3.8) is 0 Å². The number of sulfonamides is 1. The number of hydrogen-bond donors (Lipinski definition) is 3. The Bertz CT molecular complexity index is 345. The predicted molar refractivity (Wildman–Crippen MR) is 57.4 cm³/mol. The quantitative estimate of drug-likeness (QED) is 0.593. The maximum atomic E-state index is 11.3. The Morgan fingerprint density at radius 3 is 2.31 bits per heavy atom. The fraction of sp³-hybridized carbons (Fsp3) is 0.889. The number of carbonyl (C=O) groups is 1. The molecule has 0 spiro atoms. The highest BCUT2D eigenvalue weighted by atomic mass is 32.2. The second-order valence-corrected chi connectivity index (χ2v) is 6.15. The molecule has 0 aromatic carbocycles. The molecule has 6 nitrogen and oxygen atoms in total. The first kappa shape index (κ1) is 13.4. The van der Waals surface area contributed by atoms with Crippen LogP contribution in [-0.4, -0.2) is 43.5 Å². The van der Waals surface area contributed by atoms with Gasteiger partial charge in [0, 0.05) is 18.6 Å². The third-order valence-corrected chi connectivity index (χ3v) is 4.19. The topological polar surface area (TPSA) is 104 Å². The van der Waals surface area contributed by atoms with Crippen molar-refractivity contribution in [1.29, 1.82) is 0 Å². The Hall–Kier alpha value is -0.660. The van der Waals surface area contributed by atoms with E-state index in [-0.39, 0.29) is 13.2 Å². The number of rotatable bonds is 6. The van der Waals surface area contributed by atoms with Crippen molar-refractivity contribution in [2.75, 3.05) is 18.9 Å². The van der Waals surface area contributed by atoms with Gasteiger partial charge in [-0.05, 0) is 12.8 Å². The van der Waals surface area contributed by atoms with Crippen molar-refractivity contribution in [3.8, 4) is 0 Å². The van der Waals surface area contributed by atoms with Gasteiger partial charge in [0.1, 0.15) is 0 Å². The van der Waals surface area contributed by atoms with Gasteiger partial charge < -0.3 is 10.2 Å². The van der Waals surface area contributed by atoms with Crippen molar-refractivity contribution < 1.29 is 23.4 Å². The van der Waals surface area contributed by atoms with Crippen LogP contribution in [0.4, 0.5) is 0 Å². The van der Waals surface area contributed by atoms with E-state index in [0.717, 1.165) is 25.7 Å². The molecule has 0 unspecified atom stereocenters. The summed E-state index contributed by atoms with van der Waals surface area (Å²) in [5.41, 5.74) is -0.397. The van der Waals surface area contributed by atoms with Crippen LogP contribution >= 0.6 is 0 Å². The summed E-state index contributed by atoms with van der Waals surface area (Å²) >= 11 is 0. The van der Waals surface area contributed by atoms with E-state index in [0.29, 0.717) is 0 Å². The number of carboxylic acid groups (broad SMARTS) is 1. The van der Waals surface area contributed by atoms with Gasteiger partial charge in [0.15, 0.2) is 5.75 Å². The summed E-state index contributed by atoms with van der Waals surface area (Å²) in [6.07, 6.45) is 3.50. The first-order valence-electron chi connectivity index (χ1n) is 5.19. The highest BCUT2D eigenvalue weighted by molar-refractivity contribution is 7.90. The summed E-state index contributed by atoms with van der Waals surface area (Å²) < 4.78 is 24.8. The molecule has 1 aliphatic carbocycles. The van der Waals surface area contributed by atoms with Gasteiger partial charge in [-0.2, -0.15) is 0 Å². The molecule has 94 valence electrons. The molecule has 0 atom stereocenters. The molecule has 1 rings (SSSR count). The van der Waals surface area contributed by atoms with Crippen LogP contribution in [0.25, 0.3) is 0 Å². The molecule has 0 bridgehead atoms. The molecule has 7 heteroatoms. The van der Waals surface area contributed by atoms with E-state index in [1.807, 2.05) is 0 Å². The molecule has 16 heavy (non-hydrogen) atoms.